The lowest BCUT2D eigenvalue weighted by Crippen LogP contribution is -2.37. The van der Waals surface area contributed by atoms with Gasteiger partial charge in [-0.2, -0.15) is 0 Å². The molecule has 2 aromatic rings. The van der Waals surface area contributed by atoms with Crippen LogP contribution < -0.4 is 7.58 Å². The summed E-state index contributed by atoms with van der Waals surface area (Å²) in [5.74, 6) is 1.91. The van der Waals surface area contributed by atoms with Gasteiger partial charge in [-0.3, -0.25) is 0 Å². The van der Waals surface area contributed by atoms with Crippen molar-refractivity contribution in [2.24, 2.45) is 0 Å². The van der Waals surface area contributed by atoms with E-state index in [0.717, 1.165) is 17.9 Å². The molecule has 0 saturated carbocycles. The zero-order valence-corrected chi connectivity index (χ0v) is 20.7. The van der Waals surface area contributed by atoms with Crippen molar-refractivity contribution in [2.75, 3.05) is 6.61 Å². The van der Waals surface area contributed by atoms with E-state index in [2.05, 4.69) is 79.7 Å². The average molecular weight is 411 g/mol. The predicted molar refractivity (Wildman–Crippen MR) is 121 cm³/mol. The number of hydrogen-bond donors (Lipinski definition) is 0. The van der Waals surface area contributed by atoms with Gasteiger partial charge >= 0.3 is 15.1 Å². The van der Waals surface area contributed by atoms with Crippen molar-refractivity contribution in [3.8, 4) is 11.5 Å². The highest BCUT2D eigenvalue weighted by Gasteiger charge is 2.44. The van der Waals surface area contributed by atoms with E-state index in [-0.39, 0.29) is 10.8 Å². The van der Waals surface area contributed by atoms with Crippen LogP contribution in [0.3, 0.4) is 0 Å². The van der Waals surface area contributed by atoms with E-state index in [1.807, 2.05) is 6.92 Å². The Morgan fingerprint density at radius 1 is 0.793 bits per heavy atom. The predicted octanol–water partition coefficient (Wildman–Crippen LogP) is 6.28. The van der Waals surface area contributed by atoms with Crippen molar-refractivity contribution in [1.29, 1.82) is 0 Å². The molecule has 0 saturated heterocycles. The quantitative estimate of drug-likeness (QED) is 0.545. The average Bonchev–Trinajstić information content (AvgIpc) is 2.55. The third-order valence-electron chi connectivity index (χ3n) is 5.35. The van der Waals surface area contributed by atoms with Gasteiger partial charge in [0.1, 0.15) is 0 Å². The number of aryl methyl sites for hydroxylation is 2. The van der Waals surface area contributed by atoms with Gasteiger partial charge in [-0.25, -0.2) is 0 Å². The van der Waals surface area contributed by atoms with Crippen LogP contribution in [-0.2, 0) is 21.0 Å². The summed E-state index contributed by atoms with van der Waals surface area (Å²) in [6, 6.07) is 9.01. The molecule has 156 valence electrons. The summed E-state index contributed by atoms with van der Waals surface area (Å²) in [7, 11) is 0. The molecule has 0 spiro atoms. The number of fused-ring (bicyclic) bond motifs is 2. The van der Waals surface area contributed by atoms with Crippen molar-refractivity contribution >= 4 is 15.1 Å². The molecule has 29 heavy (non-hydrogen) atoms. The van der Waals surface area contributed by atoms with Crippen LogP contribution in [0.5, 0.6) is 11.5 Å². The summed E-state index contributed by atoms with van der Waals surface area (Å²) in [5, 5.41) is 0. The van der Waals surface area contributed by atoms with Crippen LogP contribution in [0.1, 0.15) is 81.8 Å². The van der Waals surface area contributed by atoms with Gasteiger partial charge in [-0.15, -0.1) is 0 Å². The lowest BCUT2D eigenvalue weighted by molar-refractivity contribution is 0.206. The first-order chi connectivity index (χ1) is 13.4. The number of benzene rings is 2. The maximum absolute atomic E-state index is 6.54. The Balaban J connectivity index is 2.27. The molecule has 0 bridgehead atoms. The Kier molecular flexibility index (Phi) is 6.12. The van der Waals surface area contributed by atoms with Gasteiger partial charge in [0.25, 0.3) is 0 Å². The monoisotopic (exact) mass is 410 g/mol. The molecular weight excluding hydrogens is 375 g/mol. The zero-order valence-electron chi connectivity index (χ0n) is 19.5. The van der Waals surface area contributed by atoms with Gasteiger partial charge in [-0.05, 0) is 53.9 Å². The van der Waals surface area contributed by atoms with Crippen LogP contribution in [0.15, 0.2) is 24.3 Å². The molecule has 0 fully saturated rings. The van der Waals surface area contributed by atoms with Crippen molar-refractivity contribution in [1.82, 2.24) is 0 Å². The highest BCUT2D eigenvalue weighted by molar-refractivity contribution is 6.38. The Morgan fingerprint density at radius 2 is 1.21 bits per heavy atom. The minimum Gasteiger partial charge on any atom is -0.588 e. The fourth-order valence-corrected chi connectivity index (χ4v) is 5.38. The fraction of sp³-hybridized carbons (Fsp3) is 0.520. The highest BCUT2D eigenvalue weighted by atomic mass is 27.3. The van der Waals surface area contributed by atoms with E-state index >= 15 is 0 Å². The van der Waals surface area contributed by atoms with Crippen molar-refractivity contribution < 1.29 is 11.4 Å². The van der Waals surface area contributed by atoms with E-state index in [0.29, 0.717) is 6.61 Å². The summed E-state index contributed by atoms with van der Waals surface area (Å²) in [4.78, 5) is 0. The minimum atomic E-state index is -2.41. The molecule has 1 heterocycles. The first-order valence-corrected chi connectivity index (χ1v) is 12.0. The topological polar surface area (TPSA) is 27.7 Å². The summed E-state index contributed by atoms with van der Waals surface area (Å²) in [6.07, 6.45) is 0.799. The van der Waals surface area contributed by atoms with E-state index in [1.54, 1.807) is 0 Å². The third-order valence-corrected chi connectivity index (χ3v) is 6.81. The normalized spacial score (nSPS) is 14.3. The van der Waals surface area contributed by atoms with Crippen LogP contribution in [0, 0.1) is 13.8 Å². The minimum absolute atomic E-state index is 0.0214. The highest BCUT2D eigenvalue weighted by Crippen LogP contribution is 2.42. The second-order valence-corrected chi connectivity index (χ2v) is 11.6. The molecule has 1 aliphatic heterocycles. The summed E-state index contributed by atoms with van der Waals surface area (Å²) < 4.78 is 19.1. The van der Waals surface area contributed by atoms with Crippen molar-refractivity contribution in [3.05, 3.63) is 57.6 Å². The van der Waals surface area contributed by atoms with Crippen LogP contribution in [-0.4, -0.2) is 21.8 Å². The Hall–Kier alpha value is -1.47. The smallest absolute Gasteiger partial charge is 0.588 e. The van der Waals surface area contributed by atoms with Gasteiger partial charge < -0.3 is 11.4 Å². The molecule has 0 amide bonds. The maximum atomic E-state index is 6.54. The van der Waals surface area contributed by atoms with Crippen molar-refractivity contribution in [2.45, 2.75) is 79.6 Å². The first kappa shape index (κ1) is 22.2. The fourth-order valence-electron chi connectivity index (χ4n) is 3.98. The van der Waals surface area contributed by atoms with Crippen LogP contribution in [0.25, 0.3) is 0 Å². The van der Waals surface area contributed by atoms with Gasteiger partial charge in [0.15, 0.2) is 0 Å². The molecule has 1 aliphatic rings. The molecule has 3 nitrogen and oxygen atoms in total. The second kappa shape index (κ2) is 7.99. The lowest BCUT2D eigenvalue weighted by Gasteiger charge is -2.32. The first-order valence-electron chi connectivity index (χ1n) is 10.6. The van der Waals surface area contributed by atoms with Gasteiger partial charge in [0.05, 0.1) is 11.5 Å². The van der Waals surface area contributed by atoms with E-state index in [4.69, 9.17) is 11.4 Å². The maximum Gasteiger partial charge on any atom is 1.10 e. The Labute approximate surface area is 181 Å². The molecule has 0 N–H and O–H groups in total. The molecule has 4 heteroatoms. The van der Waals surface area contributed by atoms with Crippen molar-refractivity contribution in [3.63, 3.8) is 0 Å². The summed E-state index contributed by atoms with van der Waals surface area (Å²) in [5.41, 5.74) is 7.38. The van der Waals surface area contributed by atoms with Gasteiger partial charge in [0, 0.05) is 13.0 Å². The van der Waals surface area contributed by atoms with E-state index in [9.17, 15) is 0 Å². The van der Waals surface area contributed by atoms with Crippen LogP contribution in [0.2, 0.25) is 0 Å². The van der Waals surface area contributed by atoms with Gasteiger partial charge in [-0.1, -0.05) is 76.9 Å². The molecule has 0 atom stereocenters. The Bertz CT molecular complexity index is 832. The molecule has 0 aromatic heterocycles. The van der Waals surface area contributed by atoms with Crippen LogP contribution >= 0.6 is 0 Å². The number of rotatable bonds is 2. The SMILES string of the molecule is CC[O][Al]1[O]c2c(cc(C)cc2C(C)(C)C)Cc2cc(C)cc(C(C)(C)C)c2[O]1. The molecule has 0 aliphatic carbocycles. The molecule has 0 radical (unpaired) electrons. The van der Waals surface area contributed by atoms with Gasteiger partial charge in [0.2, 0.25) is 0 Å². The van der Waals surface area contributed by atoms with Crippen LogP contribution in [0.4, 0.5) is 0 Å². The Morgan fingerprint density at radius 3 is 1.55 bits per heavy atom. The second-order valence-electron chi connectivity index (χ2n) is 10.3. The van der Waals surface area contributed by atoms with E-state index < -0.39 is 15.1 Å². The molecule has 3 rings (SSSR count). The molecular formula is C25H35AlO3. The third kappa shape index (κ3) is 4.82. The standard InChI is InChI=1S/C23H32O2.C2H5O.Al/c1-14-9-16(20(24)18(11-14)22(3,4)5)13-17-10-15(2)12-19(21(17)25)23(6,7)8;1-2-3;/h9-12,24-25H,13H2,1-8H3;2H2,1H3;/q;-1;+3/p-2. The zero-order chi connectivity index (χ0) is 21.6. The number of hydrogen-bond acceptors (Lipinski definition) is 3. The largest absolute Gasteiger partial charge is 1.10 e. The molecule has 2 aromatic carbocycles. The summed E-state index contributed by atoms with van der Waals surface area (Å²) >= 11 is -2.41. The van der Waals surface area contributed by atoms with E-state index in [1.165, 1.54) is 33.4 Å². The molecule has 0 unspecified atom stereocenters. The summed E-state index contributed by atoms with van der Waals surface area (Å²) in [6.45, 7) is 20.3. The lowest BCUT2D eigenvalue weighted by atomic mass is 9.81.